The van der Waals surface area contributed by atoms with Crippen molar-refractivity contribution in [2.75, 3.05) is 0 Å². The molecule has 1 unspecified atom stereocenters. The van der Waals surface area contributed by atoms with Gasteiger partial charge < -0.3 is 0 Å². The Balaban J connectivity index is 1.24. The van der Waals surface area contributed by atoms with Gasteiger partial charge in [-0.2, -0.15) is 0 Å². The van der Waals surface area contributed by atoms with Gasteiger partial charge in [-0.15, -0.1) is 0 Å². The lowest BCUT2D eigenvalue weighted by molar-refractivity contribution is 0.398. The second-order valence-electron chi connectivity index (χ2n) is 23.0. The van der Waals surface area contributed by atoms with Crippen LogP contribution in [-0.4, -0.2) is 0 Å². The summed E-state index contributed by atoms with van der Waals surface area (Å²) < 4.78 is 2.52. The Bertz CT molecular complexity index is 2750. The molecule has 6 aromatic carbocycles. The van der Waals surface area contributed by atoms with Crippen molar-refractivity contribution in [2.24, 2.45) is 0 Å². The minimum atomic E-state index is -0.139. The smallest absolute Gasteiger partial charge is 0.0257 e. The Kier molecular flexibility index (Phi) is 16.9. The number of hydrogen-bond donors (Lipinski definition) is 0. The van der Waals surface area contributed by atoms with Crippen LogP contribution in [-0.2, 0) is 16.2 Å². The zero-order chi connectivity index (χ0) is 48.9. The van der Waals surface area contributed by atoms with Gasteiger partial charge in [0.25, 0.3) is 0 Å². The van der Waals surface area contributed by atoms with Crippen molar-refractivity contribution in [3.63, 3.8) is 0 Å². The lowest BCUT2D eigenvalue weighted by Gasteiger charge is -2.34. The molecule has 3 aliphatic carbocycles. The van der Waals surface area contributed by atoms with Crippen LogP contribution in [0.2, 0.25) is 0 Å². The molecule has 0 nitrogen and oxygen atoms in total. The van der Waals surface area contributed by atoms with Crippen molar-refractivity contribution in [2.45, 2.75) is 231 Å². The van der Waals surface area contributed by atoms with Crippen molar-refractivity contribution in [1.82, 2.24) is 0 Å². The molecule has 0 saturated carbocycles. The summed E-state index contributed by atoms with van der Waals surface area (Å²) in [4.78, 5) is 0. The second kappa shape index (κ2) is 22.9. The highest BCUT2D eigenvalue weighted by atomic mass is 79.9. The van der Waals surface area contributed by atoms with Gasteiger partial charge in [0.2, 0.25) is 0 Å². The maximum Gasteiger partial charge on any atom is 0.0257 e. The molecule has 2 heteroatoms. The first-order chi connectivity index (χ1) is 34.2. The Hall–Kier alpha value is -3.20. The molecular weight excluding hydrogens is 977 g/mol. The van der Waals surface area contributed by atoms with E-state index in [2.05, 4.69) is 158 Å². The minimum Gasteiger partial charge on any atom is -0.0654 e. The topological polar surface area (TPSA) is 0 Å². The van der Waals surface area contributed by atoms with Crippen molar-refractivity contribution in [1.29, 1.82) is 0 Å². The van der Waals surface area contributed by atoms with Gasteiger partial charge in [-0.25, -0.2) is 0 Å². The summed E-state index contributed by atoms with van der Waals surface area (Å²) in [7, 11) is 0. The SMILES string of the molecule is CCCCCCCCC1(CCCCCCC)c2cc3c(cc2-c2c1cc(Br)c1ccccc21)C(C)(C)c1cc2c(cc1-3)C(CCCCCCCC)(CCCCCCCC)c1cc(Br)c3ccccc3c1-2. The third-order valence-electron chi connectivity index (χ3n) is 18.1. The van der Waals surface area contributed by atoms with Gasteiger partial charge in [0.05, 0.1) is 0 Å². The molecule has 3 aliphatic rings. The standard InChI is InChI=1S/C68H86Br2/c1-7-11-15-19-23-31-39-67(38-30-22-18-14-10-4)58-42-52-53-43-59-55(45-57(53)66(5,6)56(52)44-54(58)64-50-36-28-26-34-48(50)62(69)46-60(64)67)65-51-37-29-27-35-49(51)63(70)47-61(65)68(59,40-32-24-20-16-12-8-2)41-33-25-21-17-13-9-3/h26-29,34-37,42-47H,7-25,30-33,38-41H2,1-6H3. The van der Waals surface area contributed by atoms with Crippen LogP contribution in [0.3, 0.4) is 0 Å². The van der Waals surface area contributed by atoms with E-state index in [0.29, 0.717) is 0 Å². The molecule has 70 heavy (non-hydrogen) atoms. The van der Waals surface area contributed by atoms with E-state index in [4.69, 9.17) is 0 Å². The molecule has 0 heterocycles. The molecule has 1 atom stereocenters. The summed E-state index contributed by atoms with van der Waals surface area (Å²) in [6.07, 6.45) is 35.5. The average molecular weight is 1060 g/mol. The van der Waals surface area contributed by atoms with Crippen LogP contribution in [0, 0.1) is 0 Å². The number of unbranched alkanes of at least 4 members (excludes halogenated alkanes) is 19. The molecule has 0 aliphatic heterocycles. The largest absolute Gasteiger partial charge is 0.0654 e. The van der Waals surface area contributed by atoms with Gasteiger partial charge >= 0.3 is 0 Å². The van der Waals surface area contributed by atoms with Crippen molar-refractivity contribution in [3.8, 4) is 33.4 Å². The van der Waals surface area contributed by atoms with E-state index < -0.39 is 0 Å². The lowest BCUT2D eigenvalue weighted by atomic mass is 9.69. The number of fused-ring (bicyclic) bond motifs is 13. The van der Waals surface area contributed by atoms with Gasteiger partial charge in [0.1, 0.15) is 0 Å². The number of halogens is 2. The van der Waals surface area contributed by atoms with Crippen LogP contribution in [0.15, 0.2) is 93.9 Å². The van der Waals surface area contributed by atoms with Gasteiger partial charge in [-0.05, 0) is 150 Å². The van der Waals surface area contributed by atoms with Crippen molar-refractivity contribution >= 4 is 53.4 Å². The fourth-order valence-electron chi connectivity index (χ4n) is 14.3. The summed E-state index contributed by atoms with van der Waals surface area (Å²) >= 11 is 8.38. The molecule has 0 fully saturated rings. The average Bonchev–Trinajstić information content (AvgIpc) is 3.87. The van der Waals surface area contributed by atoms with E-state index in [0.717, 1.165) is 0 Å². The maximum absolute atomic E-state index is 4.19. The van der Waals surface area contributed by atoms with Gasteiger partial charge in [-0.3, -0.25) is 0 Å². The number of rotatable bonds is 27. The Labute approximate surface area is 442 Å². The molecule has 0 bridgehead atoms. The number of benzene rings is 6. The zero-order valence-electron chi connectivity index (χ0n) is 44.4. The van der Waals surface area contributed by atoms with E-state index in [1.165, 1.54) is 248 Å². The fraction of sp³-hybridized carbons (Fsp3) is 0.529. The van der Waals surface area contributed by atoms with Crippen LogP contribution in [0.25, 0.3) is 54.9 Å². The van der Waals surface area contributed by atoms with Gasteiger partial charge in [0.15, 0.2) is 0 Å². The zero-order valence-corrected chi connectivity index (χ0v) is 47.6. The Morgan fingerprint density at radius 2 is 0.600 bits per heavy atom. The molecule has 0 radical (unpaired) electrons. The van der Waals surface area contributed by atoms with Crippen molar-refractivity contribution < 1.29 is 0 Å². The van der Waals surface area contributed by atoms with E-state index in [-0.39, 0.29) is 16.2 Å². The van der Waals surface area contributed by atoms with Crippen LogP contribution < -0.4 is 0 Å². The first kappa shape index (κ1) is 51.7. The third-order valence-corrected chi connectivity index (χ3v) is 19.4. The molecule has 0 spiro atoms. The van der Waals surface area contributed by atoms with E-state index in [9.17, 15) is 0 Å². The molecule has 9 rings (SSSR count). The molecule has 6 aromatic rings. The monoisotopic (exact) mass is 1060 g/mol. The normalized spacial score (nSPS) is 16.7. The molecule has 0 aromatic heterocycles. The van der Waals surface area contributed by atoms with Crippen LogP contribution in [0.5, 0.6) is 0 Å². The molecule has 0 N–H and O–H groups in total. The van der Waals surface area contributed by atoms with E-state index >= 15 is 0 Å². The highest BCUT2D eigenvalue weighted by Crippen LogP contribution is 2.64. The van der Waals surface area contributed by atoms with Gasteiger partial charge in [0, 0.05) is 25.2 Å². The second-order valence-corrected chi connectivity index (χ2v) is 24.8. The Morgan fingerprint density at radius 1 is 0.314 bits per heavy atom. The van der Waals surface area contributed by atoms with E-state index in [1.54, 1.807) is 22.3 Å². The molecular formula is C68H86Br2. The summed E-state index contributed by atoms with van der Waals surface area (Å²) in [5.41, 5.74) is 18.5. The Morgan fingerprint density at radius 3 is 0.929 bits per heavy atom. The van der Waals surface area contributed by atoms with Gasteiger partial charge in [-0.1, -0.05) is 270 Å². The van der Waals surface area contributed by atoms with Crippen LogP contribution in [0.4, 0.5) is 0 Å². The fourth-order valence-corrected chi connectivity index (χ4v) is 15.4. The predicted octanol–water partition coefficient (Wildman–Crippen LogP) is 23.0. The van der Waals surface area contributed by atoms with Crippen molar-refractivity contribution in [3.05, 3.63) is 127 Å². The first-order valence-electron chi connectivity index (χ1n) is 29.0. The highest BCUT2D eigenvalue weighted by Gasteiger charge is 2.49. The predicted molar refractivity (Wildman–Crippen MR) is 314 cm³/mol. The third kappa shape index (κ3) is 9.60. The van der Waals surface area contributed by atoms with Crippen LogP contribution in [0.1, 0.15) is 248 Å². The maximum atomic E-state index is 4.19. The lowest BCUT2D eigenvalue weighted by Crippen LogP contribution is -2.26. The first-order valence-corrected chi connectivity index (χ1v) is 30.6. The summed E-state index contributed by atoms with van der Waals surface area (Å²) in [5, 5.41) is 5.52. The quantitative estimate of drug-likeness (QED) is 0.0451. The molecule has 372 valence electrons. The molecule has 0 amide bonds. The van der Waals surface area contributed by atoms with E-state index in [1.807, 2.05) is 0 Å². The molecule has 0 saturated heterocycles. The highest BCUT2D eigenvalue weighted by molar-refractivity contribution is 9.11. The summed E-state index contributed by atoms with van der Waals surface area (Å²) in [6, 6.07) is 34.9. The number of hydrogen-bond acceptors (Lipinski definition) is 0. The summed E-state index contributed by atoms with van der Waals surface area (Å²) in [5.74, 6) is 0. The van der Waals surface area contributed by atoms with Crippen LogP contribution >= 0.6 is 31.9 Å². The minimum absolute atomic E-state index is 0.00637. The summed E-state index contributed by atoms with van der Waals surface area (Å²) in [6.45, 7) is 14.5.